The minimum atomic E-state index is -0.898. The lowest BCUT2D eigenvalue weighted by Crippen LogP contribution is -2.47. The van der Waals surface area contributed by atoms with Crippen molar-refractivity contribution in [1.29, 1.82) is 0 Å². The van der Waals surface area contributed by atoms with Crippen molar-refractivity contribution in [3.63, 3.8) is 0 Å². The number of hydrogen-bond acceptors (Lipinski definition) is 2. The third kappa shape index (κ3) is 3.73. The number of allylic oxidation sites excluding steroid dienone is 2. The Morgan fingerprint density at radius 2 is 1.93 bits per heavy atom. The van der Waals surface area contributed by atoms with Crippen LogP contribution in [0.3, 0.4) is 0 Å². The van der Waals surface area contributed by atoms with Crippen LogP contribution in [-0.4, -0.2) is 22.5 Å². The van der Waals surface area contributed by atoms with Crippen molar-refractivity contribution in [2.75, 3.05) is 0 Å². The molecule has 0 saturated carbocycles. The van der Waals surface area contributed by atoms with E-state index < -0.39 is 11.5 Å². The number of amides is 1. The molecule has 15 heavy (non-hydrogen) atoms. The van der Waals surface area contributed by atoms with E-state index in [1.54, 1.807) is 13.8 Å². The van der Waals surface area contributed by atoms with E-state index >= 15 is 0 Å². The van der Waals surface area contributed by atoms with E-state index in [-0.39, 0.29) is 18.2 Å². The quantitative estimate of drug-likeness (QED) is 0.689. The van der Waals surface area contributed by atoms with Crippen molar-refractivity contribution >= 4 is 11.9 Å². The van der Waals surface area contributed by atoms with Crippen LogP contribution in [-0.2, 0) is 9.59 Å². The Labute approximate surface area is 89.4 Å². The monoisotopic (exact) mass is 211 g/mol. The van der Waals surface area contributed by atoms with Crippen LogP contribution in [0, 0.1) is 5.92 Å². The molecule has 0 spiro atoms. The molecular formula is C11H17NO3. The lowest BCUT2D eigenvalue weighted by molar-refractivity contribution is -0.138. The number of nitrogens with one attached hydrogen (secondary N) is 1. The van der Waals surface area contributed by atoms with E-state index in [0.29, 0.717) is 0 Å². The third-order valence-electron chi connectivity index (χ3n) is 2.43. The summed E-state index contributed by atoms with van der Waals surface area (Å²) >= 11 is 0. The molecule has 0 unspecified atom stereocenters. The summed E-state index contributed by atoms with van der Waals surface area (Å²) in [7, 11) is 0. The van der Waals surface area contributed by atoms with Gasteiger partial charge in [-0.25, -0.2) is 0 Å². The highest BCUT2D eigenvalue weighted by Crippen LogP contribution is 2.19. The van der Waals surface area contributed by atoms with Crippen molar-refractivity contribution in [3.05, 3.63) is 12.2 Å². The van der Waals surface area contributed by atoms with E-state index in [9.17, 15) is 9.59 Å². The summed E-state index contributed by atoms with van der Waals surface area (Å²) < 4.78 is 0. The fourth-order valence-corrected chi connectivity index (χ4v) is 1.69. The topological polar surface area (TPSA) is 66.4 Å². The van der Waals surface area contributed by atoms with E-state index in [2.05, 4.69) is 5.32 Å². The van der Waals surface area contributed by atoms with Gasteiger partial charge in [-0.2, -0.15) is 0 Å². The lowest BCUT2D eigenvalue weighted by Gasteiger charge is -2.26. The zero-order chi connectivity index (χ0) is 11.5. The Kier molecular flexibility index (Phi) is 3.50. The molecule has 0 aromatic heterocycles. The molecule has 0 atom stereocenters. The number of carbonyl (C=O) groups is 2. The van der Waals surface area contributed by atoms with Crippen molar-refractivity contribution in [2.45, 2.75) is 38.6 Å². The van der Waals surface area contributed by atoms with Gasteiger partial charge in [-0.1, -0.05) is 12.2 Å². The zero-order valence-corrected chi connectivity index (χ0v) is 9.12. The number of rotatable bonds is 4. The van der Waals surface area contributed by atoms with Crippen LogP contribution in [0.4, 0.5) is 0 Å². The second kappa shape index (κ2) is 4.47. The first-order chi connectivity index (χ1) is 6.91. The minimum absolute atomic E-state index is 0.0157. The molecule has 1 aliphatic carbocycles. The van der Waals surface area contributed by atoms with E-state index in [1.165, 1.54) is 0 Å². The number of hydrogen-bond donors (Lipinski definition) is 2. The van der Waals surface area contributed by atoms with E-state index in [4.69, 9.17) is 5.11 Å². The van der Waals surface area contributed by atoms with Gasteiger partial charge in [0.1, 0.15) is 0 Å². The maximum Gasteiger partial charge on any atom is 0.305 e. The third-order valence-corrected chi connectivity index (χ3v) is 2.43. The number of aliphatic carboxylic acids is 1. The highest BCUT2D eigenvalue weighted by molar-refractivity contribution is 5.81. The average Bonchev–Trinajstić information content (AvgIpc) is 2.50. The fraction of sp³-hybridized carbons (Fsp3) is 0.636. The highest BCUT2D eigenvalue weighted by Gasteiger charge is 2.27. The molecule has 0 radical (unpaired) electrons. The molecule has 2 N–H and O–H groups in total. The van der Waals surface area contributed by atoms with Crippen molar-refractivity contribution in [3.8, 4) is 0 Å². The van der Waals surface area contributed by atoms with Gasteiger partial charge in [-0.3, -0.25) is 9.59 Å². The predicted molar refractivity (Wildman–Crippen MR) is 56.3 cm³/mol. The Morgan fingerprint density at radius 3 is 2.40 bits per heavy atom. The molecule has 0 aliphatic heterocycles. The highest BCUT2D eigenvalue weighted by atomic mass is 16.4. The molecule has 0 aromatic carbocycles. The summed E-state index contributed by atoms with van der Waals surface area (Å²) in [5.74, 6) is -0.964. The minimum Gasteiger partial charge on any atom is -0.481 e. The summed E-state index contributed by atoms with van der Waals surface area (Å²) in [6.45, 7) is 3.45. The maximum atomic E-state index is 11.7. The van der Waals surface area contributed by atoms with Crippen molar-refractivity contribution < 1.29 is 14.7 Å². The van der Waals surface area contributed by atoms with Gasteiger partial charge in [0.25, 0.3) is 0 Å². The molecule has 0 fully saturated rings. The van der Waals surface area contributed by atoms with Gasteiger partial charge in [-0.05, 0) is 26.7 Å². The normalized spacial score (nSPS) is 16.7. The summed E-state index contributed by atoms with van der Waals surface area (Å²) in [5, 5.41) is 11.4. The molecule has 1 rings (SSSR count). The van der Waals surface area contributed by atoms with Gasteiger partial charge in [0.2, 0.25) is 5.91 Å². The van der Waals surface area contributed by atoms with Gasteiger partial charge in [-0.15, -0.1) is 0 Å². The van der Waals surface area contributed by atoms with Crippen LogP contribution < -0.4 is 5.32 Å². The molecule has 1 aliphatic rings. The number of carbonyl (C=O) groups excluding carboxylic acids is 1. The summed E-state index contributed by atoms with van der Waals surface area (Å²) in [5.41, 5.74) is -0.675. The van der Waals surface area contributed by atoms with Gasteiger partial charge >= 0.3 is 5.97 Å². The molecule has 0 saturated heterocycles. The maximum absolute atomic E-state index is 11.7. The molecule has 4 heteroatoms. The fourth-order valence-electron chi connectivity index (χ4n) is 1.69. The van der Waals surface area contributed by atoms with Crippen LogP contribution in [0.1, 0.15) is 33.1 Å². The average molecular weight is 211 g/mol. The Morgan fingerprint density at radius 1 is 1.40 bits per heavy atom. The van der Waals surface area contributed by atoms with Gasteiger partial charge < -0.3 is 10.4 Å². The van der Waals surface area contributed by atoms with Crippen molar-refractivity contribution in [1.82, 2.24) is 5.32 Å². The Balaban J connectivity index is 2.45. The van der Waals surface area contributed by atoms with Crippen LogP contribution in [0.25, 0.3) is 0 Å². The standard InChI is InChI=1S/C11H17NO3/c1-11(2,7-9(13)14)12-10(15)8-5-3-4-6-8/h3-4,8H,5-7H2,1-2H3,(H,12,15)(H,13,14). The molecule has 0 aromatic rings. The second-order valence-corrected chi connectivity index (χ2v) is 4.58. The van der Waals surface area contributed by atoms with Crippen LogP contribution in [0.5, 0.6) is 0 Å². The summed E-state index contributed by atoms with van der Waals surface area (Å²) in [6, 6.07) is 0. The number of carboxylic acids is 1. The molecular weight excluding hydrogens is 194 g/mol. The Hall–Kier alpha value is -1.32. The van der Waals surface area contributed by atoms with E-state index in [1.807, 2.05) is 12.2 Å². The van der Waals surface area contributed by atoms with Gasteiger partial charge in [0, 0.05) is 11.5 Å². The van der Waals surface area contributed by atoms with Crippen molar-refractivity contribution in [2.24, 2.45) is 5.92 Å². The zero-order valence-electron chi connectivity index (χ0n) is 9.12. The van der Waals surface area contributed by atoms with Crippen LogP contribution in [0.2, 0.25) is 0 Å². The molecule has 0 bridgehead atoms. The second-order valence-electron chi connectivity index (χ2n) is 4.58. The molecule has 4 nitrogen and oxygen atoms in total. The predicted octanol–water partition coefficient (Wildman–Crippen LogP) is 1.32. The first-order valence-electron chi connectivity index (χ1n) is 5.09. The SMILES string of the molecule is CC(C)(CC(=O)O)NC(=O)C1CC=CC1. The molecule has 0 heterocycles. The smallest absolute Gasteiger partial charge is 0.305 e. The van der Waals surface area contributed by atoms with Crippen LogP contribution >= 0.6 is 0 Å². The number of carboxylic acid groups (broad SMARTS) is 1. The first-order valence-corrected chi connectivity index (χ1v) is 5.09. The summed E-state index contributed by atoms with van der Waals surface area (Å²) in [6.07, 6.45) is 5.42. The van der Waals surface area contributed by atoms with E-state index in [0.717, 1.165) is 12.8 Å². The van der Waals surface area contributed by atoms with Crippen LogP contribution in [0.15, 0.2) is 12.2 Å². The van der Waals surface area contributed by atoms with Gasteiger partial charge in [0.05, 0.1) is 6.42 Å². The molecule has 1 amide bonds. The Bertz CT molecular complexity index is 286. The summed E-state index contributed by atoms with van der Waals surface area (Å²) in [4.78, 5) is 22.3. The lowest BCUT2D eigenvalue weighted by atomic mass is 9.98. The molecule has 84 valence electrons. The largest absolute Gasteiger partial charge is 0.481 e. The first kappa shape index (κ1) is 11.8. The van der Waals surface area contributed by atoms with Gasteiger partial charge in [0.15, 0.2) is 0 Å².